The summed E-state index contributed by atoms with van der Waals surface area (Å²) < 4.78 is 5.11. The van der Waals surface area contributed by atoms with E-state index in [1.165, 1.54) is 0 Å². The highest BCUT2D eigenvalue weighted by Crippen LogP contribution is 2.01. The number of rotatable bonds is 2. The zero-order valence-corrected chi connectivity index (χ0v) is 7.24. The van der Waals surface area contributed by atoms with Crippen molar-refractivity contribution in [2.75, 3.05) is 0 Å². The second-order valence-corrected chi connectivity index (χ2v) is 2.69. The Bertz CT molecular complexity index is 251. The van der Waals surface area contributed by atoms with Gasteiger partial charge < -0.3 is 9.84 Å². The minimum atomic E-state index is 0.196. The lowest BCUT2D eigenvalue weighted by atomic mass is 10.4. The molecule has 0 unspecified atom stereocenters. The van der Waals surface area contributed by atoms with E-state index in [0.717, 1.165) is 0 Å². The van der Waals surface area contributed by atoms with Gasteiger partial charge in [-0.1, -0.05) is 0 Å². The van der Waals surface area contributed by atoms with E-state index in [0.29, 0.717) is 11.6 Å². The zero-order chi connectivity index (χ0) is 8.97. The molecule has 0 bridgehead atoms. The second kappa shape index (κ2) is 3.92. The lowest BCUT2D eigenvalue weighted by Gasteiger charge is -2.03. The SMILES string of the molecule is CC(C)N=C(NN)c1ccco1. The van der Waals surface area contributed by atoms with Gasteiger partial charge in [0.2, 0.25) is 0 Å². The molecule has 0 spiro atoms. The van der Waals surface area contributed by atoms with Crippen LogP contribution in [0.5, 0.6) is 0 Å². The first-order chi connectivity index (χ1) is 5.74. The van der Waals surface area contributed by atoms with Gasteiger partial charge in [0, 0.05) is 6.04 Å². The van der Waals surface area contributed by atoms with Crippen LogP contribution in [0.3, 0.4) is 0 Å². The Balaban J connectivity index is 2.83. The normalized spacial score (nSPS) is 12.2. The molecule has 1 aromatic heterocycles. The van der Waals surface area contributed by atoms with Crippen LogP contribution in [0.25, 0.3) is 0 Å². The minimum absolute atomic E-state index is 0.196. The molecule has 0 aliphatic rings. The largest absolute Gasteiger partial charge is 0.461 e. The van der Waals surface area contributed by atoms with Gasteiger partial charge in [0.25, 0.3) is 0 Å². The Kier molecular flexibility index (Phi) is 2.88. The molecule has 0 amide bonds. The van der Waals surface area contributed by atoms with Crippen molar-refractivity contribution in [2.45, 2.75) is 19.9 Å². The molecule has 1 aromatic rings. The van der Waals surface area contributed by atoms with E-state index >= 15 is 0 Å². The van der Waals surface area contributed by atoms with Gasteiger partial charge in [-0.05, 0) is 26.0 Å². The van der Waals surface area contributed by atoms with Crippen LogP contribution in [-0.4, -0.2) is 11.9 Å². The summed E-state index contributed by atoms with van der Waals surface area (Å²) in [7, 11) is 0. The van der Waals surface area contributed by atoms with Crippen molar-refractivity contribution in [3.05, 3.63) is 24.2 Å². The summed E-state index contributed by atoms with van der Waals surface area (Å²) in [6, 6.07) is 3.80. The van der Waals surface area contributed by atoms with Crippen LogP contribution >= 0.6 is 0 Å². The quantitative estimate of drug-likeness (QED) is 0.297. The molecule has 0 radical (unpaired) electrons. The second-order valence-electron chi connectivity index (χ2n) is 2.69. The average Bonchev–Trinajstić information content (AvgIpc) is 2.51. The Morgan fingerprint density at radius 3 is 2.83 bits per heavy atom. The molecular formula is C8H13N3O. The predicted octanol–water partition coefficient (Wildman–Crippen LogP) is 0.898. The summed E-state index contributed by atoms with van der Waals surface area (Å²) in [6.07, 6.45) is 1.59. The van der Waals surface area contributed by atoms with Crippen LogP contribution in [-0.2, 0) is 0 Å². The third-order valence-electron chi connectivity index (χ3n) is 1.28. The highest BCUT2D eigenvalue weighted by Gasteiger charge is 2.04. The van der Waals surface area contributed by atoms with Gasteiger partial charge in [-0.3, -0.25) is 4.99 Å². The summed E-state index contributed by atoms with van der Waals surface area (Å²) in [5.74, 6) is 6.51. The highest BCUT2D eigenvalue weighted by molar-refractivity contribution is 5.95. The van der Waals surface area contributed by atoms with E-state index in [1.54, 1.807) is 18.4 Å². The smallest absolute Gasteiger partial charge is 0.179 e. The molecule has 0 atom stereocenters. The molecule has 0 aliphatic heterocycles. The molecule has 0 saturated carbocycles. The lowest BCUT2D eigenvalue weighted by Crippen LogP contribution is -2.31. The van der Waals surface area contributed by atoms with Gasteiger partial charge in [0.15, 0.2) is 11.6 Å². The molecule has 0 aromatic carbocycles. The van der Waals surface area contributed by atoms with E-state index in [1.807, 2.05) is 13.8 Å². The number of nitrogens with zero attached hydrogens (tertiary/aromatic N) is 1. The number of hydrogen-bond donors (Lipinski definition) is 2. The minimum Gasteiger partial charge on any atom is -0.461 e. The Morgan fingerprint density at radius 1 is 1.67 bits per heavy atom. The van der Waals surface area contributed by atoms with Gasteiger partial charge in [-0.2, -0.15) is 0 Å². The molecule has 0 saturated heterocycles. The van der Waals surface area contributed by atoms with Crippen LogP contribution in [0.15, 0.2) is 27.8 Å². The van der Waals surface area contributed by atoms with Crippen LogP contribution in [0.2, 0.25) is 0 Å². The van der Waals surface area contributed by atoms with E-state index in [2.05, 4.69) is 10.4 Å². The monoisotopic (exact) mass is 167 g/mol. The molecule has 4 nitrogen and oxygen atoms in total. The summed E-state index contributed by atoms with van der Waals surface area (Å²) >= 11 is 0. The first-order valence-corrected chi connectivity index (χ1v) is 3.82. The first-order valence-electron chi connectivity index (χ1n) is 3.82. The zero-order valence-electron chi connectivity index (χ0n) is 7.24. The van der Waals surface area contributed by atoms with Crippen molar-refractivity contribution in [1.82, 2.24) is 5.43 Å². The molecular weight excluding hydrogens is 154 g/mol. The van der Waals surface area contributed by atoms with Crippen molar-refractivity contribution < 1.29 is 4.42 Å². The van der Waals surface area contributed by atoms with Gasteiger partial charge >= 0.3 is 0 Å². The van der Waals surface area contributed by atoms with E-state index in [-0.39, 0.29) is 6.04 Å². The Morgan fingerprint density at radius 2 is 2.42 bits per heavy atom. The van der Waals surface area contributed by atoms with Crippen LogP contribution in [0, 0.1) is 0 Å². The maximum absolute atomic E-state index is 5.27. The number of nitrogens with two attached hydrogens (primary N) is 1. The van der Waals surface area contributed by atoms with E-state index in [9.17, 15) is 0 Å². The van der Waals surface area contributed by atoms with Gasteiger partial charge in [0.05, 0.1) is 6.26 Å². The molecule has 1 heterocycles. The predicted molar refractivity (Wildman–Crippen MR) is 47.7 cm³/mol. The third kappa shape index (κ3) is 2.10. The van der Waals surface area contributed by atoms with Crippen molar-refractivity contribution in [3.8, 4) is 0 Å². The first kappa shape index (κ1) is 8.80. The summed E-state index contributed by atoms with van der Waals surface area (Å²) in [5, 5.41) is 0. The standard InChI is InChI=1S/C8H13N3O/c1-6(2)10-8(11-9)7-4-3-5-12-7/h3-6H,9H2,1-2H3,(H,10,11). The summed E-state index contributed by atoms with van der Waals surface area (Å²) in [6.45, 7) is 3.94. The molecule has 3 N–H and O–H groups in total. The molecule has 66 valence electrons. The fourth-order valence-electron chi connectivity index (χ4n) is 0.844. The van der Waals surface area contributed by atoms with Crippen molar-refractivity contribution in [1.29, 1.82) is 0 Å². The number of hydrogen-bond acceptors (Lipinski definition) is 3. The topological polar surface area (TPSA) is 63.5 Å². The van der Waals surface area contributed by atoms with Crippen molar-refractivity contribution in [3.63, 3.8) is 0 Å². The Labute approximate surface area is 71.4 Å². The molecule has 0 fully saturated rings. The summed E-state index contributed by atoms with van der Waals surface area (Å²) in [4.78, 5) is 4.22. The molecule has 12 heavy (non-hydrogen) atoms. The van der Waals surface area contributed by atoms with E-state index < -0.39 is 0 Å². The fourth-order valence-corrected chi connectivity index (χ4v) is 0.844. The molecule has 1 rings (SSSR count). The average molecular weight is 167 g/mol. The highest BCUT2D eigenvalue weighted by atomic mass is 16.3. The maximum atomic E-state index is 5.27. The van der Waals surface area contributed by atoms with Gasteiger partial charge in [-0.25, -0.2) is 5.84 Å². The fraction of sp³-hybridized carbons (Fsp3) is 0.375. The van der Waals surface area contributed by atoms with Gasteiger partial charge in [-0.15, -0.1) is 0 Å². The third-order valence-corrected chi connectivity index (χ3v) is 1.28. The molecule has 4 heteroatoms. The van der Waals surface area contributed by atoms with Crippen molar-refractivity contribution in [2.24, 2.45) is 10.8 Å². The Hall–Kier alpha value is -1.29. The number of hydrazine groups is 1. The van der Waals surface area contributed by atoms with Crippen LogP contribution in [0.1, 0.15) is 19.6 Å². The maximum Gasteiger partial charge on any atom is 0.179 e. The number of furan rings is 1. The van der Waals surface area contributed by atoms with Gasteiger partial charge in [0.1, 0.15) is 0 Å². The number of amidine groups is 1. The summed E-state index contributed by atoms with van der Waals surface area (Å²) in [5.41, 5.74) is 2.49. The number of nitrogens with one attached hydrogen (secondary N) is 1. The molecule has 0 aliphatic carbocycles. The number of aliphatic imine (C=N–C) groups is 1. The van der Waals surface area contributed by atoms with Crippen molar-refractivity contribution >= 4 is 5.84 Å². The van der Waals surface area contributed by atoms with Crippen LogP contribution in [0.4, 0.5) is 0 Å². The van der Waals surface area contributed by atoms with Crippen LogP contribution < -0.4 is 11.3 Å². The lowest BCUT2D eigenvalue weighted by molar-refractivity contribution is 0.552. The van der Waals surface area contributed by atoms with E-state index in [4.69, 9.17) is 10.3 Å².